The zero-order valence-electron chi connectivity index (χ0n) is 43.6. The maximum atomic E-state index is 13.0. The number of quaternary nitrogens is 1. The first-order valence-electron chi connectivity index (χ1n) is 27.8. The summed E-state index contributed by atoms with van der Waals surface area (Å²) in [6.07, 6.45) is 54.2. The van der Waals surface area contributed by atoms with Crippen LogP contribution in [0.4, 0.5) is 0 Å². The molecule has 0 spiro atoms. The fraction of sp³-hybridized carbons (Fsp3) is 0.909. The monoisotopic (exact) mass is 942 g/mol. The lowest BCUT2D eigenvalue weighted by atomic mass is 10.0. The summed E-state index contributed by atoms with van der Waals surface area (Å²) in [4.78, 5) is 23.3. The van der Waals surface area contributed by atoms with Gasteiger partial charge in [-0.3, -0.25) is 13.8 Å². The van der Waals surface area contributed by atoms with Crippen molar-refractivity contribution in [3.8, 4) is 0 Å². The van der Waals surface area contributed by atoms with Gasteiger partial charge in [0.05, 0.1) is 39.9 Å². The molecule has 0 aliphatic carbocycles. The van der Waals surface area contributed by atoms with Crippen LogP contribution in [0.2, 0.25) is 0 Å². The van der Waals surface area contributed by atoms with Crippen LogP contribution in [0, 0.1) is 0 Å². The van der Waals surface area contributed by atoms with E-state index >= 15 is 0 Å². The second-order valence-electron chi connectivity index (χ2n) is 20.4. The van der Waals surface area contributed by atoms with E-state index in [2.05, 4.69) is 43.5 Å². The maximum Gasteiger partial charge on any atom is 0.472 e. The second kappa shape index (κ2) is 46.7. The van der Waals surface area contributed by atoms with E-state index < -0.39 is 32.7 Å². The molecule has 0 aliphatic rings. The van der Waals surface area contributed by atoms with Crippen LogP contribution in [0.3, 0.4) is 0 Å². The van der Waals surface area contributed by atoms with Crippen molar-refractivity contribution in [3.05, 3.63) is 24.3 Å². The van der Waals surface area contributed by atoms with E-state index in [1.165, 1.54) is 186 Å². The van der Waals surface area contributed by atoms with Crippen molar-refractivity contribution in [2.75, 3.05) is 40.9 Å². The van der Waals surface area contributed by atoms with E-state index in [4.69, 9.17) is 9.05 Å². The Kier molecular flexibility index (Phi) is 45.9. The lowest BCUT2D eigenvalue weighted by Crippen LogP contribution is -2.51. The van der Waals surface area contributed by atoms with E-state index in [1.54, 1.807) is 0 Å². The van der Waals surface area contributed by atoms with Gasteiger partial charge in [-0.15, -0.1) is 0 Å². The fourth-order valence-electron chi connectivity index (χ4n) is 8.34. The van der Waals surface area contributed by atoms with Crippen molar-refractivity contribution in [2.24, 2.45) is 0 Å². The summed E-state index contributed by atoms with van der Waals surface area (Å²) in [7, 11) is 1.42. The van der Waals surface area contributed by atoms with E-state index in [0.29, 0.717) is 23.9 Å². The molecule has 9 nitrogen and oxygen atoms in total. The molecule has 0 aromatic heterocycles. The number of phosphoric acid groups is 1. The van der Waals surface area contributed by atoms with Gasteiger partial charge in [0.2, 0.25) is 5.91 Å². The number of nitrogens with one attached hydrogen (secondary N) is 1. The van der Waals surface area contributed by atoms with Gasteiger partial charge in [0.25, 0.3) is 0 Å². The maximum absolute atomic E-state index is 13.0. The lowest BCUT2D eigenvalue weighted by Gasteiger charge is -2.28. The van der Waals surface area contributed by atoms with Gasteiger partial charge < -0.3 is 24.9 Å². The highest BCUT2D eigenvalue weighted by Gasteiger charge is 2.31. The molecule has 0 heterocycles. The van der Waals surface area contributed by atoms with E-state index in [0.717, 1.165) is 44.9 Å². The molecule has 0 bridgehead atoms. The standard InChI is InChI=1S/C55H109N2O7P/c1-6-8-10-12-14-16-18-20-21-22-23-24-25-26-27-28-29-30-31-32-33-34-35-36-38-40-42-44-46-48-54(59)56-52(51-64-65(61,62)63-50-49-57(3,4)5)55(60)53(58)47-45-43-41-39-37-19-17-15-13-11-9-7-2/h15,17,39,41,52-53,55,58,60H,6-14,16,18-38,40,42-51H2,1-5H3,(H-,56,59,61,62)/p+1/b17-15+,41-39+. The highest BCUT2D eigenvalue weighted by atomic mass is 31.2. The van der Waals surface area contributed by atoms with Crippen LogP contribution >= 0.6 is 7.82 Å². The van der Waals surface area contributed by atoms with E-state index in [1.807, 2.05) is 21.1 Å². The minimum atomic E-state index is -4.43. The first-order valence-corrected chi connectivity index (χ1v) is 29.3. The molecule has 10 heteroatoms. The third-order valence-corrected chi connectivity index (χ3v) is 13.8. The molecule has 386 valence electrons. The highest BCUT2D eigenvalue weighted by molar-refractivity contribution is 7.47. The topological polar surface area (TPSA) is 125 Å². The number of likely N-dealkylation sites (N-methyl/N-ethyl adjacent to an activating group) is 1. The second-order valence-corrected chi connectivity index (χ2v) is 21.9. The molecule has 0 radical (unpaired) electrons. The van der Waals surface area contributed by atoms with Crippen molar-refractivity contribution >= 4 is 13.7 Å². The first-order chi connectivity index (χ1) is 31.4. The number of unbranched alkanes of at least 4 members (excludes halogenated alkanes) is 33. The molecule has 0 fully saturated rings. The van der Waals surface area contributed by atoms with Crippen molar-refractivity contribution in [1.82, 2.24) is 5.32 Å². The van der Waals surface area contributed by atoms with Crippen LogP contribution in [-0.2, 0) is 18.4 Å². The molecule has 65 heavy (non-hydrogen) atoms. The Morgan fingerprint density at radius 2 is 0.877 bits per heavy atom. The molecule has 4 unspecified atom stereocenters. The lowest BCUT2D eigenvalue weighted by molar-refractivity contribution is -0.870. The predicted molar refractivity (Wildman–Crippen MR) is 278 cm³/mol. The summed E-state index contributed by atoms with van der Waals surface area (Å²) in [6.45, 7) is 4.57. The summed E-state index contributed by atoms with van der Waals surface area (Å²) in [5.41, 5.74) is 0. The largest absolute Gasteiger partial charge is 0.472 e. The molecular weight excluding hydrogens is 832 g/mol. The van der Waals surface area contributed by atoms with Gasteiger partial charge in [0.15, 0.2) is 0 Å². The quantitative estimate of drug-likeness (QED) is 0.0207. The number of hydrogen-bond acceptors (Lipinski definition) is 6. The van der Waals surface area contributed by atoms with Crippen LogP contribution in [-0.4, -0.2) is 84.6 Å². The van der Waals surface area contributed by atoms with Crippen LogP contribution in [0.1, 0.15) is 264 Å². The number of carbonyl (C=O) groups is 1. The number of aliphatic hydroxyl groups excluding tert-OH is 2. The Labute approximate surface area is 403 Å². The zero-order chi connectivity index (χ0) is 48.0. The van der Waals surface area contributed by atoms with Gasteiger partial charge in [-0.2, -0.15) is 0 Å². The molecule has 0 aromatic carbocycles. The molecular formula is C55H110N2O7P+. The van der Waals surface area contributed by atoms with Gasteiger partial charge in [-0.25, -0.2) is 4.57 Å². The number of rotatable bonds is 51. The van der Waals surface area contributed by atoms with Gasteiger partial charge in [-0.05, 0) is 51.4 Å². The van der Waals surface area contributed by atoms with Gasteiger partial charge in [0, 0.05) is 6.42 Å². The van der Waals surface area contributed by atoms with E-state index in [9.17, 15) is 24.5 Å². The summed E-state index contributed by atoms with van der Waals surface area (Å²) in [5, 5.41) is 24.7. The minimum Gasteiger partial charge on any atom is -0.390 e. The molecule has 4 N–H and O–H groups in total. The smallest absolute Gasteiger partial charge is 0.390 e. The van der Waals surface area contributed by atoms with Gasteiger partial charge in [-0.1, -0.05) is 231 Å². The summed E-state index contributed by atoms with van der Waals surface area (Å²) >= 11 is 0. The third-order valence-electron chi connectivity index (χ3n) is 12.8. The number of nitrogens with zero attached hydrogens (tertiary/aromatic N) is 1. The SMILES string of the molecule is CCCCC/C=C/CC/C=C/CCCC(O)C(O)C(COP(=O)(O)OCC[N+](C)(C)C)NC(=O)CCCCCCCCCCCCCCCCCCCCCCCCCCCCCCC. The predicted octanol–water partition coefficient (Wildman–Crippen LogP) is 15.4. The molecule has 0 saturated carbocycles. The third kappa shape index (κ3) is 47.8. The average molecular weight is 942 g/mol. The number of aliphatic hydroxyl groups is 2. The van der Waals surface area contributed by atoms with Crippen LogP contribution in [0.25, 0.3) is 0 Å². The van der Waals surface area contributed by atoms with Crippen LogP contribution in [0.5, 0.6) is 0 Å². The van der Waals surface area contributed by atoms with Crippen LogP contribution in [0.15, 0.2) is 24.3 Å². The highest BCUT2D eigenvalue weighted by Crippen LogP contribution is 2.43. The first kappa shape index (κ1) is 63.9. The fourth-order valence-corrected chi connectivity index (χ4v) is 9.07. The number of phosphoric ester groups is 1. The molecule has 4 atom stereocenters. The minimum absolute atomic E-state index is 0.0158. The Hall–Kier alpha value is -1.06. The summed E-state index contributed by atoms with van der Waals surface area (Å²) in [5.74, 6) is -0.268. The van der Waals surface area contributed by atoms with Gasteiger partial charge in [0.1, 0.15) is 19.3 Å². The number of carbonyl (C=O) groups excluding carboxylic acids is 1. The van der Waals surface area contributed by atoms with Gasteiger partial charge >= 0.3 is 7.82 Å². The zero-order valence-corrected chi connectivity index (χ0v) is 44.5. The van der Waals surface area contributed by atoms with Crippen molar-refractivity contribution in [3.63, 3.8) is 0 Å². The van der Waals surface area contributed by atoms with Crippen LogP contribution < -0.4 is 5.32 Å². The number of allylic oxidation sites excluding steroid dienone is 4. The Balaban J connectivity index is 4.13. The number of hydrogen-bond donors (Lipinski definition) is 4. The number of amides is 1. The summed E-state index contributed by atoms with van der Waals surface area (Å²) < 4.78 is 23.6. The van der Waals surface area contributed by atoms with Crippen molar-refractivity contribution in [1.29, 1.82) is 0 Å². The Morgan fingerprint density at radius 1 is 0.523 bits per heavy atom. The average Bonchev–Trinajstić information content (AvgIpc) is 3.26. The Bertz CT molecular complexity index is 1130. The molecule has 0 aromatic rings. The van der Waals surface area contributed by atoms with E-state index in [-0.39, 0.29) is 18.9 Å². The van der Waals surface area contributed by atoms with Crippen molar-refractivity contribution in [2.45, 2.75) is 283 Å². The van der Waals surface area contributed by atoms with Crippen molar-refractivity contribution < 1.29 is 38.0 Å². The molecule has 0 aliphatic heterocycles. The molecule has 0 rings (SSSR count). The molecule has 1 amide bonds. The Morgan fingerprint density at radius 3 is 1.28 bits per heavy atom. The summed E-state index contributed by atoms with van der Waals surface area (Å²) in [6, 6.07) is -1.05. The molecule has 0 saturated heterocycles. The normalized spacial score (nSPS) is 14.6.